The van der Waals surface area contributed by atoms with Crippen molar-refractivity contribution in [2.45, 2.75) is 71.0 Å². The van der Waals surface area contributed by atoms with E-state index in [-0.39, 0.29) is 30.9 Å². The van der Waals surface area contributed by atoms with E-state index in [4.69, 9.17) is 9.47 Å². The molecule has 0 aliphatic carbocycles. The molecule has 1 aliphatic rings. The van der Waals surface area contributed by atoms with Gasteiger partial charge in [0.25, 0.3) is 5.91 Å². The van der Waals surface area contributed by atoms with Gasteiger partial charge in [0, 0.05) is 25.6 Å². The molecule has 266 valence electrons. The highest BCUT2D eigenvalue weighted by atomic mass is 16.6. The lowest BCUT2D eigenvalue weighted by Crippen LogP contribution is -2.53. The Morgan fingerprint density at radius 1 is 0.820 bits per heavy atom. The van der Waals surface area contributed by atoms with E-state index < -0.39 is 36.0 Å². The molecule has 0 spiro atoms. The van der Waals surface area contributed by atoms with Crippen LogP contribution in [0, 0.1) is 12.8 Å². The Labute approximate surface area is 292 Å². The van der Waals surface area contributed by atoms with Crippen LogP contribution in [0.25, 0.3) is 0 Å². The Hall–Kier alpha value is -5.39. The van der Waals surface area contributed by atoms with Gasteiger partial charge in [-0.25, -0.2) is 9.59 Å². The molecular formula is C38H46N4O8. The first-order valence-electron chi connectivity index (χ1n) is 16.9. The molecule has 1 fully saturated rings. The monoisotopic (exact) mass is 686 g/mol. The van der Waals surface area contributed by atoms with E-state index in [0.717, 1.165) is 11.1 Å². The summed E-state index contributed by atoms with van der Waals surface area (Å²) in [5.74, 6) is -1.50. The standard InChI is InChI=1S/C38H46N4O8/c1-25(2)21-31(40-35(44)24-49-33-12-8-7-9-26(33)3)36(45)41-32(37(46)47)22-28-13-15-30(16-14-28)50-38(48)42-19-17-29(18-20-42)39-34(43)23-27-10-5-4-6-11-27/h4-16,25,29,31-32H,17-24H2,1-3H3,(H,39,43)(H,40,44)(H,41,45)(H,46,47)/t31-,32-/m0/s1. The molecule has 4 rings (SSSR count). The third kappa shape index (κ3) is 11.9. The maximum Gasteiger partial charge on any atom is 0.415 e. The van der Waals surface area contributed by atoms with Crippen LogP contribution in [0.5, 0.6) is 11.5 Å². The Morgan fingerprint density at radius 2 is 1.48 bits per heavy atom. The Bertz CT molecular complexity index is 1600. The number of carbonyl (C=O) groups excluding carboxylic acids is 4. The number of ether oxygens (including phenoxy) is 2. The summed E-state index contributed by atoms with van der Waals surface area (Å²) in [6, 6.07) is 20.9. The molecule has 0 unspecified atom stereocenters. The van der Waals surface area contributed by atoms with Gasteiger partial charge in [0.05, 0.1) is 6.42 Å². The lowest BCUT2D eigenvalue weighted by atomic mass is 10.0. The number of benzene rings is 3. The number of carbonyl (C=O) groups is 5. The van der Waals surface area contributed by atoms with Crippen molar-refractivity contribution in [3.63, 3.8) is 0 Å². The molecule has 1 heterocycles. The van der Waals surface area contributed by atoms with Crippen LogP contribution in [-0.4, -0.2) is 77.6 Å². The molecule has 0 aromatic heterocycles. The summed E-state index contributed by atoms with van der Waals surface area (Å²) in [6.45, 7) is 6.23. The number of amides is 4. The number of aliphatic carboxylic acids is 1. The number of rotatable bonds is 15. The van der Waals surface area contributed by atoms with Crippen LogP contribution in [0.1, 0.15) is 49.8 Å². The molecule has 0 bridgehead atoms. The zero-order valence-electron chi connectivity index (χ0n) is 28.7. The molecule has 4 N–H and O–H groups in total. The molecular weight excluding hydrogens is 640 g/mol. The van der Waals surface area contributed by atoms with E-state index in [1.807, 2.05) is 63.2 Å². The van der Waals surface area contributed by atoms with Crippen molar-refractivity contribution in [3.05, 3.63) is 95.6 Å². The number of likely N-dealkylation sites (tertiary alicyclic amines) is 1. The van der Waals surface area contributed by atoms with Crippen LogP contribution < -0.4 is 25.4 Å². The summed E-state index contributed by atoms with van der Waals surface area (Å²) in [7, 11) is 0. The van der Waals surface area contributed by atoms with Crippen LogP contribution in [0.4, 0.5) is 4.79 Å². The summed E-state index contributed by atoms with van der Waals surface area (Å²) in [5.41, 5.74) is 2.41. The third-order valence-electron chi connectivity index (χ3n) is 8.32. The second kappa shape index (κ2) is 18.4. The van der Waals surface area contributed by atoms with Crippen molar-refractivity contribution in [1.29, 1.82) is 0 Å². The molecule has 50 heavy (non-hydrogen) atoms. The topological polar surface area (TPSA) is 163 Å². The fourth-order valence-electron chi connectivity index (χ4n) is 5.63. The number of piperidine rings is 1. The van der Waals surface area contributed by atoms with Gasteiger partial charge in [-0.05, 0) is 67.0 Å². The van der Waals surface area contributed by atoms with Gasteiger partial charge in [0.15, 0.2) is 6.61 Å². The van der Waals surface area contributed by atoms with Crippen molar-refractivity contribution < 1.29 is 38.6 Å². The maximum absolute atomic E-state index is 13.2. The van der Waals surface area contributed by atoms with Gasteiger partial charge < -0.3 is 35.4 Å². The number of aryl methyl sites for hydroxylation is 1. The first-order chi connectivity index (χ1) is 24.0. The van der Waals surface area contributed by atoms with Crippen LogP contribution in [0.2, 0.25) is 0 Å². The van der Waals surface area contributed by atoms with Crippen LogP contribution in [0.3, 0.4) is 0 Å². The van der Waals surface area contributed by atoms with E-state index in [9.17, 15) is 29.1 Å². The minimum Gasteiger partial charge on any atom is -0.484 e. The van der Waals surface area contributed by atoms with Crippen molar-refractivity contribution in [2.24, 2.45) is 5.92 Å². The average molecular weight is 687 g/mol. The zero-order chi connectivity index (χ0) is 36.0. The van der Waals surface area contributed by atoms with E-state index in [1.54, 1.807) is 41.3 Å². The number of hydrogen-bond donors (Lipinski definition) is 4. The summed E-state index contributed by atoms with van der Waals surface area (Å²) in [6.07, 6.45) is 1.29. The zero-order valence-corrected chi connectivity index (χ0v) is 28.7. The van der Waals surface area contributed by atoms with E-state index in [0.29, 0.717) is 55.8 Å². The number of nitrogens with one attached hydrogen (secondary N) is 3. The van der Waals surface area contributed by atoms with E-state index in [2.05, 4.69) is 16.0 Å². The molecule has 0 saturated carbocycles. The van der Waals surface area contributed by atoms with Crippen LogP contribution in [0.15, 0.2) is 78.9 Å². The number of para-hydroxylation sites is 1. The number of carboxylic acids is 1. The summed E-state index contributed by atoms with van der Waals surface area (Å²) in [5, 5.41) is 18.2. The molecule has 3 aromatic carbocycles. The van der Waals surface area contributed by atoms with Gasteiger partial charge in [0.2, 0.25) is 11.8 Å². The van der Waals surface area contributed by atoms with Crippen molar-refractivity contribution in [1.82, 2.24) is 20.9 Å². The molecule has 0 radical (unpaired) electrons. The SMILES string of the molecule is Cc1ccccc1OCC(=O)N[C@@H](CC(C)C)C(=O)N[C@@H](Cc1ccc(OC(=O)N2CCC(NC(=O)Cc3ccccc3)CC2)cc1)C(=O)O. The lowest BCUT2D eigenvalue weighted by molar-refractivity contribution is -0.142. The Kier molecular flexibility index (Phi) is 13.8. The third-order valence-corrected chi connectivity index (χ3v) is 8.32. The Balaban J connectivity index is 1.24. The van der Waals surface area contributed by atoms with Gasteiger partial charge in [-0.3, -0.25) is 14.4 Å². The van der Waals surface area contributed by atoms with Crippen molar-refractivity contribution >= 4 is 29.8 Å². The second-order valence-corrected chi connectivity index (χ2v) is 12.9. The molecule has 12 nitrogen and oxygen atoms in total. The summed E-state index contributed by atoms with van der Waals surface area (Å²) >= 11 is 0. The largest absolute Gasteiger partial charge is 0.484 e. The lowest BCUT2D eigenvalue weighted by Gasteiger charge is -2.31. The number of nitrogens with zero attached hydrogens (tertiary/aromatic N) is 1. The molecule has 3 aromatic rings. The molecule has 1 aliphatic heterocycles. The van der Waals surface area contributed by atoms with Crippen LogP contribution in [-0.2, 0) is 32.0 Å². The predicted molar refractivity (Wildman–Crippen MR) is 187 cm³/mol. The smallest absolute Gasteiger partial charge is 0.415 e. The summed E-state index contributed by atoms with van der Waals surface area (Å²) < 4.78 is 11.1. The Morgan fingerprint density at radius 3 is 2.12 bits per heavy atom. The predicted octanol–water partition coefficient (Wildman–Crippen LogP) is 4.04. The van der Waals surface area contributed by atoms with Crippen molar-refractivity contribution in [2.75, 3.05) is 19.7 Å². The highest BCUT2D eigenvalue weighted by molar-refractivity contribution is 5.91. The molecule has 1 saturated heterocycles. The average Bonchev–Trinajstić information content (AvgIpc) is 3.08. The highest BCUT2D eigenvalue weighted by Gasteiger charge is 2.28. The first kappa shape index (κ1) is 37.4. The van der Waals surface area contributed by atoms with Gasteiger partial charge in [-0.2, -0.15) is 0 Å². The van der Waals surface area contributed by atoms with Crippen molar-refractivity contribution in [3.8, 4) is 11.5 Å². The number of carboxylic acid groups (broad SMARTS) is 1. The fraction of sp³-hybridized carbons (Fsp3) is 0.395. The second-order valence-electron chi connectivity index (χ2n) is 12.9. The molecule has 2 atom stereocenters. The van der Waals surface area contributed by atoms with Gasteiger partial charge in [-0.1, -0.05) is 74.5 Å². The van der Waals surface area contributed by atoms with Gasteiger partial charge >= 0.3 is 12.1 Å². The number of hydrogen-bond acceptors (Lipinski definition) is 7. The summed E-state index contributed by atoms with van der Waals surface area (Å²) in [4.78, 5) is 64.8. The normalized spacial score (nSPS) is 14.3. The minimum absolute atomic E-state index is 0.0212. The van der Waals surface area contributed by atoms with Gasteiger partial charge in [-0.15, -0.1) is 0 Å². The minimum atomic E-state index is -1.26. The van der Waals surface area contributed by atoms with E-state index >= 15 is 0 Å². The van der Waals surface area contributed by atoms with Gasteiger partial charge in [0.1, 0.15) is 23.6 Å². The van der Waals surface area contributed by atoms with Crippen LogP contribution >= 0.6 is 0 Å². The van der Waals surface area contributed by atoms with E-state index in [1.165, 1.54) is 0 Å². The quantitative estimate of drug-likeness (QED) is 0.186. The fourth-order valence-corrected chi connectivity index (χ4v) is 5.63. The maximum atomic E-state index is 13.2. The highest BCUT2D eigenvalue weighted by Crippen LogP contribution is 2.18. The molecule has 4 amide bonds. The molecule has 12 heteroatoms. The first-order valence-corrected chi connectivity index (χ1v) is 16.9.